The van der Waals surface area contributed by atoms with Gasteiger partial charge in [-0.2, -0.15) is 5.10 Å². The second-order valence-corrected chi connectivity index (χ2v) is 6.16. The zero-order valence-corrected chi connectivity index (χ0v) is 15.0. The number of rotatable bonds is 5. The third-order valence-corrected chi connectivity index (χ3v) is 4.10. The van der Waals surface area contributed by atoms with Crippen LogP contribution in [-0.4, -0.2) is 20.8 Å². The molecule has 130 valence electrons. The minimum absolute atomic E-state index is 0.155. The van der Waals surface area contributed by atoms with Gasteiger partial charge in [0, 0.05) is 17.3 Å². The van der Waals surface area contributed by atoms with E-state index in [2.05, 4.69) is 15.6 Å². The molecule has 1 N–H and O–H groups in total. The first-order valence-corrected chi connectivity index (χ1v) is 8.35. The summed E-state index contributed by atoms with van der Waals surface area (Å²) in [5.41, 5.74) is 5.42. The van der Waals surface area contributed by atoms with Gasteiger partial charge in [0.05, 0.1) is 23.6 Å². The van der Waals surface area contributed by atoms with Crippen LogP contribution in [0.3, 0.4) is 0 Å². The molecule has 0 radical (unpaired) electrons. The number of carbonyl (C=O) groups is 1. The van der Waals surface area contributed by atoms with Crippen LogP contribution < -0.4 is 5.32 Å². The highest BCUT2D eigenvalue weighted by Gasteiger charge is 2.12. The number of amides is 1. The van der Waals surface area contributed by atoms with Crippen molar-refractivity contribution in [1.82, 2.24) is 20.3 Å². The number of carbonyl (C=O) groups excluding carboxylic acids is 1. The number of hydrogen-bond donors (Lipinski definition) is 1. The molecule has 0 aliphatic carbocycles. The molecule has 0 fully saturated rings. The van der Waals surface area contributed by atoms with Gasteiger partial charge in [-0.25, -0.2) is 4.68 Å². The summed E-state index contributed by atoms with van der Waals surface area (Å²) in [4.78, 5) is 12.5. The Labute approximate surface area is 146 Å². The van der Waals surface area contributed by atoms with Crippen LogP contribution in [0.2, 0.25) is 0 Å². The number of nitrogens with zero attached hydrogens (tertiary/aromatic N) is 3. The maximum absolute atomic E-state index is 12.5. The SMILES string of the molecule is CCc1cc(CNC(=O)c2ccc(C)c(-n3nc(C)cc3C)c2)on1. The topological polar surface area (TPSA) is 73.0 Å². The standard InChI is InChI=1S/C19H22N4O2/c1-5-16-10-17(25-22-16)11-20-19(24)15-7-6-12(2)18(9-15)23-14(4)8-13(3)21-23/h6-10H,5,11H2,1-4H3,(H,20,24). The Hall–Kier alpha value is -2.89. The summed E-state index contributed by atoms with van der Waals surface area (Å²) in [5, 5.41) is 11.3. The first-order chi connectivity index (χ1) is 12.0. The van der Waals surface area contributed by atoms with Crippen LogP contribution in [0, 0.1) is 20.8 Å². The minimum atomic E-state index is -0.155. The van der Waals surface area contributed by atoms with Gasteiger partial charge in [-0.05, 0) is 51.0 Å². The van der Waals surface area contributed by atoms with E-state index in [0.717, 1.165) is 34.8 Å². The third kappa shape index (κ3) is 3.63. The highest BCUT2D eigenvalue weighted by atomic mass is 16.5. The molecule has 0 aliphatic rings. The van der Waals surface area contributed by atoms with Crippen molar-refractivity contribution in [2.24, 2.45) is 0 Å². The van der Waals surface area contributed by atoms with E-state index in [4.69, 9.17) is 4.52 Å². The molecule has 0 aliphatic heterocycles. The molecule has 2 heterocycles. The van der Waals surface area contributed by atoms with Crippen molar-refractivity contribution < 1.29 is 9.32 Å². The smallest absolute Gasteiger partial charge is 0.251 e. The molecule has 0 spiro atoms. The van der Waals surface area contributed by atoms with E-state index in [1.807, 2.05) is 62.7 Å². The zero-order chi connectivity index (χ0) is 18.0. The largest absolute Gasteiger partial charge is 0.359 e. The lowest BCUT2D eigenvalue weighted by atomic mass is 10.1. The second kappa shape index (κ2) is 6.93. The number of hydrogen-bond acceptors (Lipinski definition) is 4. The van der Waals surface area contributed by atoms with E-state index in [1.54, 1.807) is 0 Å². The van der Waals surface area contributed by atoms with Crippen LogP contribution in [0.15, 0.2) is 34.9 Å². The van der Waals surface area contributed by atoms with Gasteiger partial charge in [-0.15, -0.1) is 0 Å². The normalized spacial score (nSPS) is 10.9. The maximum Gasteiger partial charge on any atom is 0.251 e. The van der Waals surface area contributed by atoms with Crippen LogP contribution >= 0.6 is 0 Å². The molecule has 1 amide bonds. The zero-order valence-electron chi connectivity index (χ0n) is 15.0. The maximum atomic E-state index is 12.5. The van der Waals surface area contributed by atoms with Gasteiger partial charge in [0.15, 0.2) is 5.76 Å². The number of aromatic nitrogens is 3. The van der Waals surface area contributed by atoms with Crippen molar-refractivity contribution in [2.45, 2.75) is 40.7 Å². The van der Waals surface area contributed by atoms with Crippen LogP contribution in [-0.2, 0) is 13.0 Å². The molecule has 6 nitrogen and oxygen atoms in total. The van der Waals surface area contributed by atoms with Gasteiger partial charge in [0.25, 0.3) is 5.91 Å². The number of aryl methyl sites for hydroxylation is 4. The fourth-order valence-electron chi connectivity index (χ4n) is 2.73. The Balaban J connectivity index is 1.79. The molecular weight excluding hydrogens is 316 g/mol. The Bertz CT molecular complexity index is 908. The molecule has 25 heavy (non-hydrogen) atoms. The highest BCUT2D eigenvalue weighted by molar-refractivity contribution is 5.94. The summed E-state index contributed by atoms with van der Waals surface area (Å²) >= 11 is 0. The Morgan fingerprint density at radius 2 is 2.00 bits per heavy atom. The molecule has 0 saturated heterocycles. The molecule has 6 heteroatoms. The predicted molar refractivity (Wildman–Crippen MR) is 94.8 cm³/mol. The molecular formula is C19H22N4O2. The average Bonchev–Trinajstić information content (AvgIpc) is 3.19. The number of nitrogens with one attached hydrogen (secondary N) is 1. The summed E-state index contributed by atoms with van der Waals surface area (Å²) in [5.74, 6) is 0.494. The molecule has 0 atom stereocenters. The minimum Gasteiger partial charge on any atom is -0.359 e. The van der Waals surface area contributed by atoms with Gasteiger partial charge in [0.2, 0.25) is 0 Å². The highest BCUT2D eigenvalue weighted by Crippen LogP contribution is 2.18. The summed E-state index contributed by atoms with van der Waals surface area (Å²) in [6.45, 7) is 8.29. The molecule has 3 aromatic rings. The van der Waals surface area contributed by atoms with Crippen molar-refractivity contribution in [3.63, 3.8) is 0 Å². The Morgan fingerprint density at radius 1 is 1.20 bits per heavy atom. The fraction of sp³-hybridized carbons (Fsp3) is 0.316. The Morgan fingerprint density at radius 3 is 2.64 bits per heavy atom. The average molecular weight is 338 g/mol. The first kappa shape index (κ1) is 17.0. The van der Waals surface area contributed by atoms with E-state index < -0.39 is 0 Å². The predicted octanol–water partition coefficient (Wildman–Crippen LogP) is 3.28. The lowest BCUT2D eigenvalue weighted by Gasteiger charge is -2.11. The summed E-state index contributed by atoms with van der Waals surface area (Å²) in [7, 11) is 0. The monoisotopic (exact) mass is 338 g/mol. The van der Waals surface area contributed by atoms with Gasteiger partial charge in [0.1, 0.15) is 0 Å². The fourth-order valence-corrected chi connectivity index (χ4v) is 2.73. The van der Waals surface area contributed by atoms with E-state index in [9.17, 15) is 4.79 Å². The van der Waals surface area contributed by atoms with Gasteiger partial charge in [-0.1, -0.05) is 18.1 Å². The molecule has 3 rings (SSSR count). The van der Waals surface area contributed by atoms with E-state index in [-0.39, 0.29) is 5.91 Å². The molecule has 2 aromatic heterocycles. The molecule has 0 unspecified atom stereocenters. The van der Waals surface area contributed by atoms with Crippen molar-refractivity contribution in [2.75, 3.05) is 0 Å². The first-order valence-electron chi connectivity index (χ1n) is 8.35. The van der Waals surface area contributed by atoms with E-state index in [1.165, 1.54) is 0 Å². The van der Waals surface area contributed by atoms with Crippen molar-refractivity contribution in [1.29, 1.82) is 0 Å². The third-order valence-electron chi connectivity index (χ3n) is 4.10. The molecule has 0 saturated carbocycles. The van der Waals surface area contributed by atoms with Crippen molar-refractivity contribution in [3.05, 3.63) is 64.3 Å². The summed E-state index contributed by atoms with van der Waals surface area (Å²) in [6, 6.07) is 9.49. The lowest BCUT2D eigenvalue weighted by molar-refractivity contribution is 0.0947. The van der Waals surface area contributed by atoms with E-state index in [0.29, 0.717) is 17.9 Å². The van der Waals surface area contributed by atoms with Gasteiger partial charge < -0.3 is 9.84 Å². The van der Waals surface area contributed by atoms with Crippen LogP contribution in [0.5, 0.6) is 0 Å². The van der Waals surface area contributed by atoms with E-state index >= 15 is 0 Å². The summed E-state index contributed by atoms with van der Waals surface area (Å²) in [6.07, 6.45) is 0.807. The van der Waals surface area contributed by atoms with Crippen LogP contribution in [0.4, 0.5) is 0 Å². The van der Waals surface area contributed by atoms with Crippen LogP contribution in [0.1, 0.15) is 45.7 Å². The molecule has 1 aromatic carbocycles. The van der Waals surface area contributed by atoms with Crippen molar-refractivity contribution >= 4 is 5.91 Å². The van der Waals surface area contributed by atoms with Crippen molar-refractivity contribution in [3.8, 4) is 5.69 Å². The van der Waals surface area contributed by atoms with Crippen LogP contribution in [0.25, 0.3) is 5.69 Å². The number of benzene rings is 1. The summed E-state index contributed by atoms with van der Waals surface area (Å²) < 4.78 is 7.06. The van der Waals surface area contributed by atoms with Gasteiger partial charge in [-0.3, -0.25) is 4.79 Å². The quantitative estimate of drug-likeness (QED) is 0.775. The lowest BCUT2D eigenvalue weighted by Crippen LogP contribution is -2.23. The second-order valence-electron chi connectivity index (χ2n) is 6.16. The Kier molecular flexibility index (Phi) is 4.70. The molecule has 0 bridgehead atoms. The van der Waals surface area contributed by atoms with Gasteiger partial charge >= 0.3 is 0 Å².